The van der Waals surface area contributed by atoms with Crippen molar-refractivity contribution in [3.63, 3.8) is 0 Å². The molecule has 0 spiro atoms. The number of anilines is 1. The van der Waals surface area contributed by atoms with Gasteiger partial charge in [0.25, 0.3) is 5.91 Å². The Morgan fingerprint density at radius 2 is 2.00 bits per heavy atom. The van der Waals surface area contributed by atoms with Crippen LogP contribution in [0.2, 0.25) is 5.15 Å². The van der Waals surface area contributed by atoms with E-state index in [4.69, 9.17) is 16.7 Å². The summed E-state index contributed by atoms with van der Waals surface area (Å²) in [4.78, 5) is 19.4. The molecule has 2 rings (SSSR count). The number of amides is 1. The summed E-state index contributed by atoms with van der Waals surface area (Å²) in [6.07, 6.45) is 2.57. The molecule has 0 saturated carbocycles. The van der Waals surface area contributed by atoms with Gasteiger partial charge in [-0.2, -0.15) is 0 Å². The summed E-state index contributed by atoms with van der Waals surface area (Å²) in [7, 11) is 0. The van der Waals surface area contributed by atoms with E-state index < -0.39 is 5.91 Å². The average molecular weight is 266 g/mol. The van der Waals surface area contributed by atoms with Crippen LogP contribution in [0.5, 0.6) is 11.5 Å². The first-order chi connectivity index (χ1) is 8.56. The van der Waals surface area contributed by atoms with Gasteiger partial charge in [0.2, 0.25) is 0 Å². The number of hydrogen-bond acceptors (Lipinski definition) is 5. The Labute approximate surface area is 107 Å². The van der Waals surface area contributed by atoms with Gasteiger partial charge in [-0.05, 0) is 12.1 Å². The summed E-state index contributed by atoms with van der Waals surface area (Å²) in [5, 5.41) is 21.3. The van der Waals surface area contributed by atoms with E-state index in [-0.39, 0.29) is 28.0 Å². The molecular weight excluding hydrogens is 258 g/mol. The van der Waals surface area contributed by atoms with E-state index in [0.29, 0.717) is 0 Å². The normalized spacial score (nSPS) is 10.1. The highest BCUT2D eigenvalue weighted by Gasteiger charge is 2.12. The highest BCUT2D eigenvalue weighted by molar-refractivity contribution is 6.29. The van der Waals surface area contributed by atoms with Crippen molar-refractivity contribution in [2.45, 2.75) is 0 Å². The lowest BCUT2D eigenvalue weighted by atomic mass is 10.2. The summed E-state index contributed by atoms with van der Waals surface area (Å²) in [6, 6.07) is 3.66. The minimum absolute atomic E-state index is 0.0181. The molecule has 1 amide bonds. The third-order valence-electron chi connectivity index (χ3n) is 2.09. The first-order valence-electron chi connectivity index (χ1n) is 4.87. The number of rotatable bonds is 2. The van der Waals surface area contributed by atoms with Crippen LogP contribution < -0.4 is 5.32 Å². The molecule has 1 aromatic carbocycles. The number of halogens is 1. The van der Waals surface area contributed by atoms with Crippen molar-refractivity contribution in [2.24, 2.45) is 0 Å². The van der Waals surface area contributed by atoms with Crippen LogP contribution in [0.3, 0.4) is 0 Å². The van der Waals surface area contributed by atoms with Crippen molar-refractivity contribution in [1.82, 2.24) is 9.97 Å². The van der Waals surface area contributed by atoms with Crippen LogP contribution in [0.25, 0.3) is 0 Å². The molecule has 0 aliphatic rings. The fraction of sp³-hybridized carbons (Fsp3) is 0. The summed E-state index contributed by atoms with van der Waals surface area (Å²) < 4.78 is 0. The second-order valence-electron chi connectivity index (χ2n) is 3.38. The Kier molecular flexibility index (Phi) is 3.29. The number of nitrogens with one attached hydrogen (secondary N) is 1. The topological polar surface area (TPSA) is 95.3 Å². The maximum atomic E-state index is 11.8. The fourth-order valence-electron chi connectivity index (χ4n) is 1.27. The second-order valence-corrected chi connectivity index (χ2v) is 3.77. The van der Waals surface area contributed by atoms with Gasteiger partial charge < -0.3 is 15.5 Å². The third-order valence-corrected chi connectivity index (χ3v) is 2.28. The minimum Gasteiger partial charge on any atom is -0.508 e. The number of hydrogen-bond donors (Lipinski definition) is 3. The Bertz CT molecular complexity index is 587. The standard InChI is InChI=1S/C11H8ClN3O3/c12-9-4-14-10(5-13-9)15-11(18)7-2-1-6(16)3-8(7)17/h1-5,16-17H,(H,14,15,18). The Balaban J connectivity index is 2.19. The van der Waals surface area contributed by atoms with E-state index in [2.05, 4.69) is 15.3 Å². The number of aromatic nitrogens is 2. The molecule has 0 aliphatic heterocycles. The molecule has 0 fully saturated rings. The zero-order chi connectivity index (χ0) is 13.1. The molecule has 2 aromatic rings. The summed E-state index contributed by atoms with van der Waals surface area (Å²) in [5.41, 5.74) is 0.0181. The van der Waals surface area contributed by atoms with Crippen LogP contribution in [0.15, 0.2) is 30.6 Å². The van der Waals surface area contributed by atoms with Crippen LogP contribution in [-0.4, -0.2) is 26.1 Å². The van der Waals surface area contributed by atoms with Gasteiger partial charge in [0.15, 0.2) is 5.82 Å². The monoisotopic (exact) mass is 265 g/mol. The van der Waals surface area contributed by atoms with Gasteiger partial charge in [-0.3, -0.25) is 4.79 Å². The van der Waals surface area contributed by atoms with E-state index in [9.17, 15) is 9.90 Å². The number of nitrogens with zero attached hydrogens (tertiary/aromatic N) is 2. The van der Waals surface area contributed by atoms with Crippen molar-refractivity contribution in [3.05, 3.63) is 41.3 Å². The number of phenols is 2. The lowest BCUT2D eigenvalue weighted by Crippen LogP contribution is -2.13. The molecule has 92 valence electrons. The second kappa shape index (κ2) is 4.89. The molecular formula is C11H8ClN3O3. The zero-order valence-electron chi connectivity index (χ0n) is 8.96. The highest BCUT2D eigenvalue weighted by Crippen LogP contribution is 2.23. The maximum absolute atomic E-state index is 11.8. The molecule has 0 atom stereocenters. The van der Waals surface area contributed by atoms with Crippen LogP contribution in [0.1, 0.15) is 10.4 Å². The molecule has 0 bridgehead atoms. The Morgan fingerprint density at radius 1 is 1.22 bits per heavy atom. The Hall–Kier alpha value is -2.34. The largest absolute Gasteiger partial charge is 0.508 e. The summed E-state index contributed by atoms with van der Waals surface area (Å²) in [5.74, 6) is -0.814. The van der Waals surface area contributed by atoms with Crippen molar-refractivity contribution in [3.8, 4) is 11.5 Å². The van der Waals surface area contributed by atoms with Gasteiger partial charge in [-0.25, -0.2) is 9.97 Å². The van der Waals surface area contributed by atoms with Crippen LogP contribution in [-0.2, 0) is 0 Å². The van der Waals surface area contributed by atoms with E-state index >= 15 is 0 Å². The van der Waals surface area contributed by atoms with E-state index in [1.165, 1.54) is 24.5 Å². The van der Waals surface area contributed by atoms with Gasteiger partial charge in [0.05, 0.1) is 18.0 Å². The van der Waals surface area contributed by atoms with Gasteiger partial charge in [0, 0.05) is 6.07 Å². The van der Waals surface area contributed by atoms with Crippen LogP contribution in [0, 0.1) is 0 Å². The average Bonchev–Trinajstić information content (AvgIpc) is 2.32. The number of aromatic hydroxyl groups is 2. The molecule has 0 radical (unpaired) electrons. The van der Waals surface area contributed by atoms with Crippen molar-refractivity contribution < 1.29 is 15.0 Å². The molecule has 6 nitrogen and oxygen atoms in total. The van der Waals surface area contributed by atoms with Crippen molar-refractivity contribution in [1.29, 1.82) is 0 Å². The number of phenolic OH excluding ortho intramolecular Hbond substituents is 2. The van der Waals surface area contributed by atoms with Gasteiger partial charge in [0.1, 0.15) is 16.7 Å². The number of carbonyl (C=O) groups is 1. The van der Waals surface area contributed by atoms with E-state index in [1.807, 2.05) is 0 Å². The van der Waals surface area contributed by atoms with Gasteiger partial charge in [-0.15, -0.1) is 0 Å². The lowest BCUT2D eigenvalue weighted by Gasteiger charge is -2.06. The zero-order valence-corrected chi connectivity index (χ0v) is 9.72. The van der Waals surface area contributed by atoms with E-state index in [0.717, 1.165) is 6.07 Å². The predicted octanol–water partition coefficient (Wildman–Crippen LogP) is 1.79. The lowest BCUT2D eigenvalue weighted by molar-refractivity contribution is 0.102. The fourth-order valence-corrected chi connectivity index (χ4v) is 1.37. The Morgan fingerprint density at radius 3 is 2.61 bits per heavy atom. The molecule has 18 heavy (non-hydrogen) atoms. The minimum atomic E-state index is -0.566. The molecule has 7 heteroatoms. The number of benzene rings is 1. The molecule has 1 heterocycles. The SMILES string of the molecule is O=C(Nc1cnc(Cl)cn1)c1ccc(O)cc1O. The van der Waals surface area contributed by atoms with Crippen LogP contribution >= 0.6 is 11.6 Å². The van der Waals surface area contributed by atoms with Crippen molar-refractivity contribution >= 4 is 23.3 Å². The smallest absolute Gasteiger partial charge is 0.260 e. The maximum Gasteiger partial charge on any atom is 0.260 e. The molecule has 0 saturated heterocycles. The predicted molar refractivity (Wildman–Crippen MR) is 64.8 cm³/mol. The molecule has 0 aliphatic carbocycles. The highest BCUT2D eigenvalue weighted by atomic mass is 35.5. The molecule has 0 unspecified atom stereocenters. The molecule has 3 N–H and O–H groups in total. The van der Waals surface area contributed by atoms with Gasteiger partial charge >= 0.3 is 0 Å². The first kappa shape index (κ1) is 12.1. The summed E-state index contributed by atoms with van der Waals surface area (Å²) >= 11 is 5.55. The number of carbonyl (C=O) groups excluding carboxylic acids is 1. The summed E-state index contributed by atoms with van der Waals surface area (Å²) in [6.45, 7) is 0. The molecule has 1 aromatic heterocycles. The van der Waals surface area contributed by atoms with Crippen molar-refractivity contribution in [2.75, 3.05) is 5.32 Å². The van der Waals surface area contributed by atoms with Crippen LogP contribution in [0.4, 0.5) is 5.82 Å². The third kappa shape index (κ3) is 2.67. The first-order valence-corrected chi connectivity index (χ1v) is 5.25. The quantitative estimate of drug-likeness (QED) is 0.769. The van der Waals surface area contributed by atoms with Gasteiger partial charge in [-0.1, -0.05) is 11.6 Å². The van der Waals surface area contributed by atoms with E-state index in [1.54, 1.807) is 0 Å².